The van der Waals surface area contributed by atoms with Gasteiger partial charge in [0.05, 0.1) is 17.7 Å². The molecule has 1 unspecified atom stereocenters. The fraction of sp³-hybridized carbons (Fsp3) is 0.333. The van der Waals surface area contributed by atoms with Gasteiger partial charge in [0.1, 0.15) is 18.3 Å². The van der Waals surface area contributed by atoms with Crippen molar-refractivity contribution < 1.29 is 22.7 Å². The predicted octanol–water partition coefficient (Wildman–Crippen LogP) is 5.18. The number of hydrogen-bond donors (Lipinski definition) is 1. The molecular formula is C30H36ClN3O5S. The van der Waals surface area contributed by atoms with E-state index in [1.54, 1.807) is 67.6 Å². The van der Waals surface area contributed by atoms with Crippen LogP contribution in [0, 0.1) is 6.92 Å². The van der Waals surface area contributed by atoms with Crippen LogP contribution in [0.3, 0.4) is 0 Å². The zero-order valence-electron chi connectivity index (χ0n) is 23.6. The Morgan fingerprint density at radius 3 is 2.12 bits per heavy atom. The third kappa shape index (κ3) is 7.76. The summed E-state index contributed by atoms with van der Waals surface area (Å²) >= 11 is 6.40. The number of carbonyl (C=O) groups excluding carboxylic acids is 2. The average molecular weight is 586 g/mol. The summed E-state index contributed by atoms with van der Waals surface area (Å²) in [4.78, 5) is 28.5. The Morgan fingerprint density at radius 1 is 0.975 bits per heavy atom. The highest BCUT2D eigenvalue weighted by Crippen LogP contribution is 2.27. The Hall–Kier alpha value is -3.56. The predicted molar refractivity (Wildman–Crippen MR) is 158 cm³/mol. The number of benzene rings is 3. The molecule has 10 heteroatoms. The van der Waals surface area contributed by atoms with E-state index in [1.165, 1.54) is 24.1 Å². The van der Waals surface area contributed by atoms with Crippen molar-refractivity contribution in [3.63, 3.8) is 0 Å². The zero-order chi connectivity index (χ0) is 29.7. The molecule has 0 radical (unpaired) electrons. The van der Waals surface area contributed by atoms with E-state index in [0.29, 0.717) is 22.0 Å². The second kappa shape index (κ2) is 12.7. The number of nitrogens with one attached hydrogen (secondary N) is 1. The van der Waals surface area contributed by atoms with Crippen LogP contribution in [0.25, 0.3) is 0 Å². The van der Waals surface area contributed by atoms with E-state index >= 15 is 0 Å². The molecule has 0 aliphatic carbocycles. The molecule has 0 saturated heterocycles. The number of aryl methyl sites for hydroxylation is 1. The standard InChI is InChI=1S/C30H36ClN3O5S/c1-21-11-13-24(14-12-21)34(40(37,38)26-17-15-25(39-6)16-18-26)20-28(35)33(19-23-9-7-8-10-27(23)31)22(2)29(36)32-30(3,4)5/h7-18,22H,19-20H2,1-6H3,(H,32,36). The Labute approximate surface area is 241 Å². The third-order valence-corrected chi connectivity index (χ3v) is 8.37. The number of sulfonamides is 1. The van der Waals surface area contributed by atoms with Crippen LogP contribution in [0.15, 0.2) is 77.7 Å². The van der Waals surface area contributed by atoms with Crippen LogP contribution < -0.4 is 14.4 Å². The first kappa shape index (κ1) is 31.0. The van der Waals surface area contributed by atoms with E-state index in [1.807, 2.05) is 27.7 Å². The van der Waals surface area contributed by atoms with Crippen LogP contribution in [0.5, 0.6) is 5.75 Å². The number of halogens is 1. The minimum absolute atomic E-state index is 0.00199. The molecule has 0 spiro atoms. The molecule has 3 aromatic carbocycles. The van der Waals surface area contributed by atoms with Gasteiger partial charge in [0.15, 0.2) is 0 Å². The van der Waals surface area contributed by atoms with Gasteiger partial charge >= 0.3 is 0 Å². The molecule has 3 rings (SSSR count). The lowest BCUT2D eigenvalue weighted by atomic mass is 10.1. The molecule has 40 heavy (non-hydrogen) atoms. The topological polar surface area (TPSA) is 96.0 Å². The van der Waals surface area contributed by atoms with E-state index in [-0.39, 0.29) is 17.3 Å². The lowest BCUT2D eigenvalue weighted by Crippen LogP contribution is -2.54. The quantitative estimate of drug-likeness (QED) is 0.353. The maximum Gasteiger partial charge on any atom is 0.264 e. The molecule has 0 fully saturated rings. The minimum atomic E-state index is -4.17. The Bertz CT molecular complexity index is 1440. The van der Waals surface area contributed by atoms with E-state index < -0.39 is 34.1 Å². The lowest BCUT2D eigenvalue weighted by molar-refractivity contribution is -0.140. The summed E-state index contributed by atoms with van der Waals surface area (Å²) in [5.41, 5.74) is 1.35. The molecule has 0 bridgehead atoms. The summed E-state index contributed by atoms with van der Waals surface area (Å²) in [5.74, 6) is -0.427. The number of anilines is 1. The molecular weight excluding hydrogens is 550 g/mol. The highest BCUT2D eigenvalue weighted by Gasteiger charge is 2.33. The first-order chi connectivity index (χ1) is 18.7. The Balaban J connectivity index is 2.04. The number of carbonyl (C=O) groups is 2. The summed E-state index contributed by atoms with van der Waals surface area (Å²) in [7, 11) is -2.68. The third-order valence-electron chi connectivity index (χ3n) is 6.21. The first-order valence-electron chi connectivity index (χ1n) is 12.8. The molecule has 1 N–H and O–H groups in total. The van der Waals surface area contributed by atoms with E-state index in [9.17, 15) is 18.0 Å². The van der Waals surface area contributed by atoms with Crippen LogP contribution >= 0.6 is 11.6 Å². The van der Waals surface area contributed by atoms with E-state index in [2.05, 4.69) is 5.32 Å². The molecule has 8 nitrogen and oxygen atoms in total. The minimum Gasteiger partial charge on any atom is -0.497 e. The Kier molecular flexibility index (Phi) is 9.87. The van der Waals surface area contributed by atoms with Gasteiger partial charge in [0, 0.05) is 17.1 Å². The maximum atomic E-state index is 14.0. The number of ether oxygens (including phenoxy) is 1. The molecule has 0 saturated carbocycles. The Morgan fingerprint density at radius 2 is 1.57 bits per heavy atom. The maximum absolute atomic E-state index is 14.0. The highest BCUT2D eigenvalue weighted by molar-refractivity contribution is 7.92. The van der Waals surface area contributed by atoms with Gasteiger partial charge in [-0.1, -0.05) is 47.5 Å². The van der Waals surface area contributed by atoms with Crippen molar-refractivity contribution in [2.24, 2.45) is 0 Å². The van der Waals surface area contributed by atoms with Crippen LogP contribution in [-0.4, -0.2) is 50.4 Å². The zero-order valence-corrected chi connectivity index (χ0v) is 25.2. The van der Waals surface area contributed by atoms with E-state index in [0.717, 1.165) is 9.87 Å². The van der Waals surface area contributed by atoms with Crippen molar-refractivity contribution in [3.05, 3.63) is 88.9 Å². The van der Waals surface area contributed by atoms with Crippen LogP contribution in [0.2, 0.25) is 5.02 Å². The number of rotatable bonds is 10. The number of amides is 2. The monoisotopic (exact) mass is 585 g/mol. The molecule has 214 valence electrons. The van der Waals surface area contributed by atoms with Crippen LogP contribution in [0.1, 0.15) is 38.8 Å². The van der Waals surface area contributed by atoms with Gasteiger partial charge in [0.25, 0.3) is 10.0 Å². The molecule has 2 amide bonds. The summed E-state index contributed by atoms with van der Waals surface area (Å²) in [6.07, 6.45) is 0. The summed E-state index contributed by atoms with van der Waals surface area (Å²) in [5, 5.41) is 3.34. The molecule has 1 atom stereocenters. The number of nitrogens with zero attached hydrogens (tertiary/aromatic N) is 2. The lowest BCUT2D eigenvalue weighted by Gasteiger charge is -2.33. The second-order valence-electron chi connectivity index (χ2n) is 10.6. The SMILES string of the molecule is COc1ccc(S(=O)(=O)N(CC(=O)N(Cc2ccccc2Cl)C(C)C(=O)NC(C)(C)C)c2ccc(C)cc2)cc1. The van der Waals surface area contributed by atoms with Crippen molar-refractivity contribution in [2.45, 2.75) is 57.6 Å². The first-order valence-corrected chi connectivity index (χ1v) is 14.6. The molecule has 0 aliphatic heterocycles. The van der Waals surface area contributed by atoms with Crippen LogP contribution in [-0.2, 0) is 26.2 Å². The van der Waals surface area contributed by atoms with Crippen molar-refractivity contribution in [1.29, 1.82) is 0 Å². The van der Waals surface area contributed by atoms with Gasteiger partial charge in [-0.15, -0.1) is 0 Å². The fourth-order valence-electron chi connectivity index (χ4n) is 3.98. The van der Waals surface area contributed by atoms with Gasteiger partial charge in [0.2, 0.25) is 11.8 Å². The largest absolute Gasteiger partial charge is 0.497 e. The molecule has 3 aromatic rings. The molecule has 0 heterocycles. The van der Waals surface area contributed by atoms with Crippen molar-refractivity contribution >= 4 is 39.1 Å². The highest BCUT2D eigenvalue weighted by atomic mass is 35.5. The number of methoxy groups -OCH3 is 1. The summed E-state index contributed by atoms with van der Waals surface area (Å²) in [6.45, 7) is 8.52. The average Bonchev–Trinajstić information content (AvgIpc) is 2.90. The van der Waals surface area contributed by atoms with Crippen LogP contribution in [0.4, 0.5) is 5.69 Å². The molecule has 0 aliphatic rings. The fourth-order valence-corrected chi connectivity index (χ4v) is 5.59. The van der Waals surface area contributed by atoms with Crippen molar-refractivity contribution in [1.82, 2.24) is 10.2 Å². The van der Waals surface area contributed by atoms with Gasteiger partial charge in [-0.3, -0.25) is 13.9 Å². The van der Waals surface area contributed by atoms with Gasteiger partial charge in [-0.2, -0.15) is 0 Å². The van der Waals surface area contributed by atoms with Gasteiger partial charge < -0.3 is 15.0 Å². The molecule has 0 aromatic heterocycles. The van der Waals surface area contributed by atoms with Gasteiger partial charge in [-0.05, 0) is 82.6 Å². The van der Waals surface area contributed by atoms with Gasteiger partial charge in [-0.25, -0.2) is 8.42 Å². The van der Waals surface area contributed by atoms with E-state index in [4.69, 9.17) is 16.3 Å². The number of hydrogen-bond acceptors (Lipinski definition) is 5. The summed E-state index contributed by atoms with van der Waals surface area (Å²) in [6, 6.07) is 18.9. The normalized spacial score (nSPS) is 12.4. The van der Waals surface area contributed by atoms with Crippen molar-refractivity contribution in [2.75, 3.05) is 18.0 Å². The summed E-state index contributed by atoms with van der Waals surface area (Å²) < 4.78 is 34.0. The van der Waals surface area contributed by atoms with Crippen molar-refractivity contribution in [3.8, 4) is 5.75 Å². The second-order valence-corrected chi connectivity index (χ2v) is 12.8. The smallest absolute Gasteiger partial charge is 0.264 e.